The predicted octanol–water partition coefficient (Wildman–Crippen LogP) is 4.23. The van der Waals surface area contributed by atoms with Crippen LogP contribution >= 0.6 is 0 Å². The molecule has 33 heavy (non-hydrogen) atoms. The zero-order valence-corrected chi connectivity index (χ0v) is 17.7. The van der Waals surface area contributed by atoms with E-state index in [1.165, 1.54) is 0 Å². The van der Waals surface area contributed by atoms with E-state index < -0.39 is 0 Å². The van der Waals surface area contributed by atoms with Gasteiger partial charge in [-0.3, -0.25) is 4.79 Å². The van der Waals surface area contributed by atoms with Crippen LogP contribution in [0.5, 0.6) is 11.6 Å². The van der Waals surface area contributed by atoms with Crippen molar-refractivity contribution in [1.82, 2.24) is 10.3 Å². The van der Waals surface area contributed by atoms with E-state index in [1.807, 2.05) is 36.4 Å². The number of carbonyl (C=O) groups is 1. The third-order valence-electron chi connectivity index (χ3n) is 4.59. The van der Waals surface area contributed by atoms with E-state index in [0.717, 1.165) is 5.56 Å². The number of furan rings is 1. The first-order valence-corrected chi connectivity index (χ1v) is 10.2. The van der Waals surface area contributed by atoms with Gasteiger partial charge in [-0.05, 0) is 54.1 Å². The first-order valence-electron chi connectivity index (χ1n) is 10.2. The number of nitrogens with zero attached hydrogens (tertiary/aromatic N) is 2. The molecule has 0 bridgehead atoms. The Morgan fingerprint density at radius 3 is 2.73 bits per heavy atom. The van der Waals surface area contributed by atoms with Gasteiger partial charge in [0.1, 0.15) is 18.1 Å². The highest BCUT2D eigenvalue weighted by Gasteiger charge is 2.11. The zero-order valence-electron chi connectivity index (χ0n) is 17.7. The van der Waals surface area contributed by atoms with Crippen molar-refractivity contribution in [3.8, 4) is 11.6 Å². The minimum atomic E-state index is -0.214. The van der Waals surface area contributed by atoms with Crippen molar-refractivity contribution in [3.63, 3.8) is 0 Å². The van der Waals surface area contributed by atoms with Crippen molar-refractivity contribution in [2.24, 2.45) is 10.9 Å². The molecule has 8 heteroatoms. The number of para-hydroxylation sites is 1. The molecule has 4 aromatic rings. The van der Waals surface area contributed by atoms with E-state index in [0.29, 0.717) is 35.1 Å². The largest absolute Gasteiger partial charge is 0.467 e. The van der Waals surface area contributed by atoms with Crippen molar-refractivity contribution < 1.29 is 18.8 Å². The van der Waals surface area contributed by atoms with Gasteiger partial charge in [-0.1, -0.05) is 35.5 Å². The van der Waals surface area contributed by atoms with Crippen LogP contribution in [-0.4, -0.2) is 16.7 Å². The monoisotopic (exact) mass is 442 g/mol. The molecule has 0 spiro atoms. The molecule has 0 aliphatic rings. The van der Waals surface area contributed by atoms with Gasteiger partial charge in [0.25, 0.3) is 5.91 Å². The summed E-state index contributed by atoms with van der Waals surface area (Å²) in [5.41, 5.74) is 7.89. The standard InChI is InChI=1S/C25H22N4O4/c26-23(22-12-5-13-27-25(22)33-20-9-2-1-3-10-20)29-32-17-18-7-4-8-19(15-18)24(30)28-16-21-11-6-14-31-21/h1-15H,16-17H2,(H2,26,29)(H,28,30). The molecule has 8 nitrogen and oxygen atoms in total. The molecular formula is C25H22N4O4. The molecule has 0 aliphatic carbocycles. The molecule has 2 aromatic carbocycles. The average Bonchev–Trinajstić information content (AvgIpc) is 3.37. The molecule has 166 valence electrons. The number of aromatic nitrogens is 1. The van der Waals surface area contributed by atoms with E-state index in [2.05, 4.69) is 15.5 Å². The number of amidine groups is 1. The molecule has 4 rings (SSSR count). The number of oxime groups is 1. The number of benzene rings is 2. The number of rotatable bonds is 9. The fourth-order valence-corrected chi connectivity index (χ4v) is 2.98. The summed E-state index contributed by atoms with van der Waals surface area (Å²) in [5, 5.41) is 6.81. The molecule has 0 saturated carbocycles. The topological polar surface area (TPSA) is 112 Å². The lowest BCUT2D eigenvalue weighted by molar-refractivity contribution is 0.0947. The molecule has 0 radical (unpaired) electrons. The van der Waals surface area contributed by atoms with Crippen molar-refractivity contribution in [3.05, 3.63) is 114 Å². The Balaban J connectivity index is 1.37. The summed E-state index contributed by atoms with van der Waals surface area (Å²) in [6.07, 6.45) is 3.17. The number of ether oxygens (including phenoxy) is 1. The average molecular weight is 442 g/mol. The number of carbonyl (C=O) groups excluding carboxylic acids is 1. The van der Waals surface area contributed by atoms with Crippen LogP contribution in [0.1, 0.15) is 27.2 Å². The summed E-state index contributed by atoms with van der Waals surface area (Å²) in [6.45, 7) is 0.445. The summed E-state index contributed by atoms with van der Waals surface area (Å²) in [4.78, 5) is 22.1. The van der Waals surface area contributed by atoms with E-state index in [4.69, 9.17) is 19.7 Å². The molecule has 2 heterocycles. The van der Waals surface area contributed by atoms with Crippen LogP contribution in [0.4, 0.5) is 0 Å². The minimum Gasteiger partial charge on any atom is -0.467 e. The Labute approximate surface area is 190 Å². The first kappa shape index (κ1) is 21.6. The van der Waals surface area contributed by atoms with Crippen LogP contribution in [-0.2, 0) is 18.0 Å². The Kier molecular flexibility index (Phi) is 6.97. The molecule has 0 aliphatic heterocycles. The fraction of sp³-hybridized carbons (Fsp3) is 0.0800. The van der Waals surface area contributed by atoms with E-state index in [9.17, 15) is 4.79 Å². The van der Waals surface area contributed by atoms with Crippen LogP contribution in [0, 0.1) is 0 Å². The van der Waals surface area contributed by atoms with Crippen molar-refractivity contribution in [2.45, 2.75) is 13.2 Å². The smallest absolute Gasteiger partial charge is 0.251 e. The highest BCUT2D eigenvalue weighted by Crippen LogP contribution is 2.22. The number of hydrogen-bond acceptors (Lipinski definition) is 6. The van der Waals surface area contributed by atoms with Gasteiger partial charge in [0, 0.05) is 11.8 Å². The molecule has 0 unspecified atom stereocenters. The molecule has 1 amide bonds. The van der Waals surface area contributed by atoms with Gasteiger partial charge in [0.15, 0.2) is 5.84 Å². The summed E-state index contributed by atoms with van der Waals surface area (Å²) in [7, 11) is 0. The van der Waals surface area contributed by atoms with Crippen molar-refractivity contribution in [2.75, 3.05) is 0 Å². The summed E-state index contributed by atoms with van der Waals surface area (Å²) in [5.74, 6) is 1.55. The Morgan fingerprint density at radius 2 is 1.91 bits per heavy atom. The van der Waals surface area contributed by atoms with Gasteiger partial charge < -0.3 is 25.0 Å². The number of hydrogen-bond donors (Lipinski definition) is 2. The van der Waals surface area contributed by atoms with Crippen molar-refractivity contribution >= 4 is 11.7 Å². The van der Waals surface area contributed by atoms with Gasteiger partial charge in [-0.2, -0.15) is 0 Å². The number of nitrogens with two attached hydrogens (primary N) is 1. The summed E-state index contributed by atoms with van der Waals surface area (Å²) < 4.78 is 11.0. The van der Waals surface area contributed by atoms with E-state index in [1.54, 1.807) is 54.9 Å². The van der Waals surface area contributed by atoms with E-state index >= 15 is 0 Å². The van der Waals surface area contributed by atoms with Crippen LogP contribution in [0.15, 0.2) is 101 Å². The van der Waals surface area contributed by atoms with Gasteiger partial charge in [0.05, 0.1) is 18.4 Å². The van der Waals surface area contributed by atoms with Gasteiger partial charge in [0.2, 0.25) is 5.88 Å². The number of amides is 1. The highest BCUT2D eigenvalue weighted by atomic mass is 16.6. The fourth-order valence-electron chi connectivity index (χ4n) is 2.98. The maximum absolute atomic E-state index is 12.4. The van der Waals surface area contributed by atoms with Gasteiger partial charge in [-0.15, -0.1) is 0 Å². The lowest BCUT2D eigenvalue weighted by atomic mass is 10.1. The Bertz CT molecular complexity index is 1220. The third kappa shape index (κ3) is 5.98. The number of pyridine rings is 1. The summed E-state index contributed by atoms with van der Waals surface area (Å²) >= 11 is 0. The molecule has 3 N–H and O–H groups in total. The quantitative estimate of drug-likeness (QED) is 0.228. The first-order chi connectivity index (χ1) is 16.2. The van der Waals surface area contributed by atoms with Crippen LogP contribution in [0.3, 0.4) is 0 Å². The van der Waals surface area contributed by atoms with Crippen LogP contribution in [0.25, 0.3) is 0 Å². The number of nitrogens with one attached hydrogen (secondary N) is 1. The zero-order chi connectivity index (χ0) is 22.9. The minimum absolute atomic E-state index is 0.126. The molecular weight excluding hydrogens is 420 g/mol. The molecule has 0 saturated heterocycles. The molecule has 0 atom stereocenters. The predicted molar refractivity (Wildman–Crippen MR) is 123 cm³/mol. The van der Waals surface area contributed by atoms with E-state index in [-0.39, 0.29) is 18.3 Å². The maximum atomic E-state index is 12.4. The lowest BCUT2D eigenvalue weighted by Crippen LogP contribution is -2.22. The highest BCUT2D eigenvalue weighted by molar-refractivity contribution is 5.99. The maximum Gasteiger partial charge on any atom is 0.251 e. The third-order valence-corrected chi connectivity index (χ3v) is 4.59. The second-order valence-electron chi connectivity index (χ2n) is 6.98. The second-order valence-corrected chi connectivity index (χ2v) is 6.98. The SMILES string of the molecule is N/C(=N\OCc1cccc(C(=O)NCc2ccco2)c1)c1cccnc1Oc1ccccc1. The second kappa shape index (κ2) is 10.6. The Morgan fingerprint density at radius 1 is 1.03 bits per heavy atom. The van der Waals surface area contributed by atoms with Gasteiger partial charge >= 0.3 is 0 Å². The van der Waals surface area contributed by atoms with Crippen LogP contribution < -0.4 is 15.8 Å². The lowest BCUT2D eigenvalue weighted by Gasteiger charge is -2.09. The molecule has 2 aromatic heterocycles. The summed E-state index contributed by atoms with van der Waals surface area (Å²) in [6, 6.07) is 23.4. The normalized spacial score (nSPS) is 11.1. The Hall–Kier alpha value is -4.59. The van der Waals surface area contributed by atoms with Crippen molar-refractivity contribution in [1.29, 1.82) is 0 Å². The van der Waals surface area contributed by atoms with Crippen LogP contribution in [0.2, 0.25) is 0 Å². The van der Waals surface area contributed by atoms with Gasteiger partial charge in [-0.25, -0.2) is 4.98 Å². The molecule has 0 fully saturated rings.